The summed E-state index contributed by atoms with van der Waals surface area (Å²) in [6.45, 7) is 3.17. The molecular weight excluding hydrogens is 400 g/mol. The lowest BCUT2D eigenvalue weighted by Gasteiger charge is -2.18. The number of hydrogen-bond donors (Lipinski definition) is 2. The normalized spacial score (nSPS) is 12.9. The molecule has 1 aromatic heterocycles. The third kappa shape index (κ3) is 4.20. The van der Waals surface area contributed by atoms with E-state index in [4.69, 9.17) is 9.47 Å². The molecule has 160 valence electrons. The lowest BCUT2D eigenvalue weighted by Crippen LogP contribution is -2.28. The molecular formula is C22H22N4O5. The van der Waals surface area contributed by atoms with Crippen LogP contribution in [-0.2, 0) is 11.3 Å². The van der Waals surface area contributed by atoms with Gasteiger partial charge in [0.2, 0.25) is 5.88 Å². The van der Waals surface area contributed by atoms with Crippen molar-refractivity contribution < 1.29 is 24.2 Å². The summed E-state index contributed by atoms with van der Waals surface area (Å²) in [4.78, 5) is 24.5. The molecule has 2 aromatic carbocycles. The van der Waals surface area contributed by atoms with Crippen LogP contribution in [-0.4, -0.2) is 41.2 Å². The minimum atomic E-state index is -0.641. The molecule has 2 N–H and O–H groups in total. The SMILES string of the molecule is CCCn1c(O)c(N=NC(=O)CNC(=O)c2ccc3c(c2)OCCO3)c2ccccc21. The number of fused-ring (bicyclic) bond motifs is 2. The number of nitrogens with zero attached hydrogens (tertiary/aromatic N) is 3. The quantitative estimate of drug-likeness (QED) is 0.590. The molecule has 9 nitrogen and oxygen atoms in total. The summed E-state index contributed by atoms with van der Waals surface area (Å²) >= 11 is 0. The molecule has 2 amide bonds. The van der Waals surface area contributed by atoms with E-state index in [1.54, 1.807) is 22.8 Å². The number of azo groups is 1. The van der Waals surface area contributed by atoms with Crippen molar-refractivity contribution in [2.45, 2.75) is 19.9 Å². The largest absolute Gasteiger partial charge is 0.493 e. The van der Waals surface area contributed by atoms with Crippen molar-refractivity contribution in [1.29, 1.82) is 0 Å². The maximum absolute atomic E-state index is 12.3. The number of para-hydroxylation sites is 1. The molecule has 9 heteroatoms. The number of hydrogen-bond acceptors (Lipinski definition) is 6. The molecule has 0 unspecified atom stereocenters. The van der Waals surface area contributed by atoms with Gasteiger partial charge in [0, 0.05) is 17.5 Å². The minimum Gasteiger partial charge on any atom is -0.493 e. The molecule has 2 heterocycles. The number of aromatic nitrogens is 1. The Balaban J connectivity index is 1.43. The van der Waals surface area contributed by atoms with Gasteiger partial charge in [0.05, 0.1) is 5.52 Å². The number of amides is 2. The van der Waals surface area contributed by atoms with Crippen LogP contribution in [0.1, 0.15) is 23.7 Å². The Morgan fingerprint density at radius 3 is 2.71 bits per heavy atom. The van der Waals surface area contributed by atoms with E-state index in [0.717, 1.165) is 11.9 Å². The van der Waals surface area contributed by atoms with E-state index in [1.165, 1.54) is 0 Å². The number of aromatic hydroxyl groups is 1. The fourth-order valence-corrected chi connectivity index (χ4v) is 3.40. The van der Waals surface area contributed by atoms with Gasteiger partial charge in [0.25, 0.3) is 11.8 Å². The number of benzene rings is 2. The highest BCUT2D eigenvalue weighted by Crippen LogP contribution is 2.38. The maximum atomic E-state index is 12.3. The Bertz CT molecular complexity index is 1170. The Morgan fingerprint density at radius 2 is 1.90 bits per heavy atom. The molecule has 0 saturated heterocycles. The summed E-state index contributed by atoms with van der Waals surface area (Å²) in [7, 11) is 0. The van der Waals surface area contributed by atoms with Gasteiger partial charge in [-0.1, -0.05) is 25.1 Å². The van der Waals surface area contributed by atoms with Crippen molar-refractivity contribution in [2.75, 3.05) is 19.8 Å². The number of rotatable bonds is 6. The lowest BCUT2D eigenvalue weighted by molar-refractivity contribution is -0.117. The van der Waals surface area contributed by atoms with E-state index >= 15 is 0 Å². The summed E-state index contributed by atoms with van der Waals surface area (Å²) in [5, 5.41) is 21.4. The Morgan fingerprint density at radius 1 is 1.13 bits per heavy atom. The molecule has 0 saturated carbocycles. The van der Waals surface area contributed by atoms with Crippen molar-refractivity contribution in [3.63, 3.8) is 0 Å². The smallest absolute Gasteiger partial charge is 0.283 e. The highest BCUT2D eigenvalue weighted by atomic mass is 16.6. The van der Waals surface area contributed by atoms with Gasteiger partial charge in [-0.05, 0) is 30.7 Å². The summed E-state index contributed by atoms with van der Waals surface area (Å²) in [6, 6.07) is 12.2. The van der Waals surface area contributed by atoms with Crippen molar-refractivity contribution >= 4 is 28.4 Å². The second-order valence-electron chi connectivity index (χ2n) is 6.98. The maximum Gasteiger partial charge on any atom is 0.283 e. The van der Waals surface area contributed by atoms with Crippen molar-refractivity contribution in [2.24, 2.45) is 10.2 Å². The van der Waals surface area contributed by atoms with E-state index in [-0.39, 0.29) is 18.1 Å². The minimum absolute atomic E-state index is 0.0417. The number of aryl methyl sites for hydroxylation is 1. The number of carbonyl (C=O) groups is 2. The monoisotopic (exact) mass is 422 g/mol. The van der Waals surface area contributed by atoms with Crippen LogP contribution in [0.2, 0.25) is 0 Å². The van der Waals surface area contributed by atoms with Crippen molar-refractivity contribution in [1.82, 2.24) is 9.88 Å². The van der Waals surface area contributed by atoms with E-state index in [1.807, 2.05) is 31.2 Å². The molecule has 0 radical (unpaired) electrons. The molecule has 0 fully saturated rings. The summed E-state index contributed by atoms with van der Waals surface area (Å²) < 4.78 is 12.6. The van der Waals surface area contributed by atoms with Gasteiger partial charge < -0.3 is 24.5 Å². The van der Waals surface area contributed by atoms with Crippen LogP contribution in [0.3, 0.4) is 0 Å². The second kappa shape index (κ2) is 8.86. The molecule has 1 aliphatic rings. The number of carbonyl (C=O) groups excluding carboxylic acids is 2. The first-order valence-electron chi connectivity index (χ1n) is 10.0. The molecule has 0 spiro atoms. The Labute approximate surface area is 178 Å². The topological polar surface area (TPSA) is 115 Å². The van der Waals surface area contributed by atoms with Gasteiger partial charge in [0.1, 0.15) is 19.8 Å². The van der Waals surface area contributed by atoms with Crippen LogP contribution in [0.25, 0.3) is 10.9 Å². The third-order valence-electron chi connectivity index (χ3n) is 4.83. The van der Waals surface area contributed by atoms with Crippen LogP contribution in [0.4, 0.5) is 5.69 Å². The summed E-state index contributed by atoms with van der Waals surface area (Å²) in [5.74, 6) is -0.0565. The first-order chi connectivity index (χ1) is 15.1. The predicted molar refractivity (Wildman–Crippen MR) is 113 cm³/mol. The fraction of sp³-hybridized carbons (Fsp3) is 0.273. The summed E-state index contributed by atoms with van der Waals surface area (Å²) in [5.41, 5.74) is 1.39. The van der Waals surface area contributed by atoms with Crippen LogP contribution >= 0.6 is 0 Å². The van der Waals surface area contributed by atoms with Gasteiger partial charge in [0.15, 0.2) is 17.2 Å². The fourth-order valence-electron chi connectivity index (χ4n) is 3.40. The molecule has 0 bridgehead atoms. The van der Waals surface area contributed by atoms with E-state index in [2.05, 4.69) is 15.5 Å². The third-order valence-corrected chi connectivity index (χ3v) is 4.83. The number of ether oxygens (including phenoxy) is 2. The van der Waals surface area contributed by atoms with E-state index in [0.29, 0.717) is 42.2 Å². The molecule has 0 atom stereocenters. The van der Waals surface area contributed by atoms with Crippen LogP contribution in [0.5, 0.6) is 17.4 Å². The zero-order chi connectivity index (χ0) is 21.8. The van der Waals surface area contributed by atoms with Crippen LogP contribution < -0.4 is 14.8 Å². The first-order valence-corrected chi connectivity index (χ1v) is 10.0. The van der Waals surface area contributed by atoms with Gasteiger partial charge in [-0.25, -0.2) is 0 Å². The molecule has 1 aliphatic heterocycles. The highest BCUT2D eigenvalue weighted by Gasteiger charge is 2.17. The summed E-state index contributed by atoms with van der Waals surface area (Å²) in [6.07, 6.45) is 0.827. The average molecular weight is 422 g/mol. The van der Waals surface area contributed by atoms with E-state index in [9.17, 15) is 14.7 Å². The molecule has 3 aromatic rings. The average Bonchev–Trinajstić information content (AvgIpc) is 3.07. The van der Waals surface area contributed by atoms with Gasteiger partial charge >= 0.3 is 0 Å². The van der Waals surface area contributed by atoms with Crippen LogP contribution in [0, 0.1) is 0 Å². The second-order valence-corrected chi connectivity index (χ2v) is 6.98. The first kappa shape index (κ1) is 20.4. The lowest BCUT2D eigenvalue weighted by atomic mass is 10.2. The van der Waals surface area contributed by atoms with E-state index < -0.39 is 11.8 Å². The van der Waals surface area contributed by atoms with Crippen molar-refractivity contribution in [3.8, 4) is 17.4 Å². The molecule has 31 heavy (non-hydrogen) atoms. The Kier molecular flexibility index (Phi) is 5.83. The Hall–Kier alpha value is -3.88. The molecule has 0 aliphatic carbocycles. The molecule has 4 rings (SSSR count). The predicted octanol–water partition coefficient (Wildman–Crippen LogP) is 3.57. The van der Waals surface area contributed by atoms with Gasteiger partial charge in [-0.15, -0.1) is 10.2 Å². The standard InChI is InChI=1S/C22H22N4O5/c1-2-9-26-16-6-4-3-5-15(16)20(22(26)29)25-24-19(27)13-23-21(28)14-7-8-17-18(12-14)31-11-10-30-17/h3-8,12,29H,2,9-11,13H2,1H3,(H,23,28). The van der Waals surface area contributed by atoms with Gasteiger partial charge in [-0.3, -0.25) is 9.59 Å². The number of nitrogens with one attached hydrogen (secondary N) is 1. The van der Waals surface area contributed by atoms with Crippen LogP contribution in [0.15, 0.2) is 52.7 Å². The zero-order valence-electron chi connectivity index (χ0n) is 17.0. The zero-order valence-corrected chi connectivity index (χ0v) is 17.0. The highest BCUT2D eigenvalue weighted by molar-refractivity contribution is 5.97. The van der Waals surface area contributed by atoms with Crippen molar-refractivity contribution in [3.05, 3.63) is 48.0 Å². The van der Waals surface area contributed by atoms with Gasteiger partial charge in [-0.2, -0.15) is 0 Å².